The van der Waals surface area contributed by atoms with E-state index in [1.807, 2.05) is 0 Å². The van der Waals surface area contributed by atoms with Crippen LogP contribution in [0.1, 0.15) is 24.5 Å². The molecule has 0 bridgehead atoms. The Hall–Kier alpha value is -1.68. The van der Waals surface area contributed by atoms with E-state index in [0.29, 0.717) is 6.61 Å². The highest BCUT2D eigenvalue weighted by Crippen LogP contribution is 2.12. The quantitative estimate of drug-likeness (QED) is 0.729. The molecule has 124 valence electrons. The van der Waals surface area contributed by atoms with Gasteiger partial charge in [-0.15, -0.1) is 0 Å². The van der Waals surface area contributed by atoms with Crippen LogP contribution in [0.25, 0.3) is 0 Å². The molecule has 2 aromatic rings. The fraction of sp³-hybridized carbons (Fsp3) is 0.400. The Balaban J connectivity index is 1.93. The Labute approximate surface area is 139 Å². The Morgan fingerprint density at radius 3 is 1.91 bits per heavy atom. The van der Waals surface area contributed by atoms with E-state index in [0.717, 1.165) is 26.1 Å². The fourth-order valence-electron chi connectivity index (χ4n) is 2.60. The zero-order valence-corrected chi connectivity index (χ0v) is 13.9. The van der Waals surface area contributed by atoms with Gasteiger partial charge >= 0.3 is 0 Å². The summed E-state index contributed by atoms with van der Waals surface area (Å²) in [4.78, 5) is 2.45. The topological polar surface area (TPSA) is 32.7 Å². The molecule has 2 aromatic carbocycles. The number of benzene rings is 2. The molecule has 0 aliphatic rings. The summed E-state index contributed by atoms with van der Waals surface area (Å²) in [5, 5.41) is 8.85. The lowest BCUT2D eigenvalue weighted by Gasteiger charge is -2.24. The second-order valence-electron chi connectivity index (χ2n) is 5.88. The maximum Gasteiger partial charge on any atom is 0.0701 e. The number of hydrogen-bond acceptors (Lipinski definition) is 3. The summed E-state index contributed by atoms with van der Waals surface area (Å²) in [7, 11) is 0. The number of aliphatic hydroxyl groups is 1. The van der Waals surface area contributed by atoms with E-state index in [2.05, 4.69) is 72.5 Å². The van der Waals surface area contributed by atoms with E-state index in [1.165, 1.54) is 11.1 Å². The summed E-state index contributed by atoms with van der Waals surface area (Å²) in [6.45, 7) is 5.40. The highest BCUT2D eigenvalue weighted by atomic mass is 16.5. The maximum atomic E-state index is 8.85. The first-order chi connectivity index (χ1) is 11.3. The van der Waals surface area contributed by atoms with Gasteiger partial charge in [0.25, 0.3) is 0 Å². The second kappa shape index (κ2) is 10.2. The molecule has 0 spiro atoms. The molecule has 0 radical (unpaired) electrons. The molecule has 0 aromatic heterocycles. The van der Waals surface area contributed by atoms with Crippen molar-refractivity contribution in [1.82, 2.24) is 4.90 Å². The van der Waals surface area contributed by atoms with Gasteiger partial charge in [-0.1, -0.05) is 60.7 Å². The van der Waals surface area contributed by atoms with E-state index in [-0.39, 0.29) is 12.7 Å². The highest BCUT2D eigenvalue weighted by molar-refractivity contribution is 5.17. The predicted molar refractivity (Wildman–Crippen MR) is 94.1 cm³/mol. The van der Waals surface area contributed by atoms with Gasteiger partial charge in [-0.25, -0.2) is 0 Å². The van der Waals surface area contributed by atoms with Gasteiger partial charge in [-0.2, -0.15) is 0 Å². The number of nitrogens with zero attached hydrogens (tertiary/aromatic N) is 1. The Morgan fingerprint density at radius 2 is 1.43 bits per heavy atom. The Morgan fingerprint density at radius 1 is 0.913 bits per heavy atom. The van der Waals surface area contributed by atoms with Crippen LogP contribution in [0, 0.1) is 0 Å². The van der Waals surface area contributed by atoms with Crippen LogP contribution < -0.4 is 0 Å². The molecule has 3 nitrogen and oxygen atoms in total. The highest BCUT2D eigenvalue weighted by Gasteiger charge is 2.10. The van der Waals surface area contributed by atoms with Crippen molar-refractivity contribution in [2.45, 2.75) is 32.5 Å². The van der Waals surface area contributed by atoms with Gasteiger partial charge in [0.1, 0.15) is 0 Å². The minimum Gasteiger partial charge on any atom is -0.394 e. The average molecular weight is 313 g/mol. The zero-order valence-electron chi connectivity index (χ0n) is 13.9. The van der Waals surface area contributed by atoms with Gasteiger partial charge < -0.3 is 9.84 Å². The van der Waals surface area contributed by atoms with Crippen LogP contribution in [0.15, 0.2) is 60.7 Å². The van der Waals surface area contributed by atoms with E-state index in [4.69, 9.17) is 9.84 Å². The van der Waals surface area contributed by atoms with Gasteiger partial charge in [-0.3, -0.25) is 4.90 Å². The first kappa shape index (κ1) is 17.7. The molecule has 0 amide bonds. The van der Waals surface area contributed by atoms with Gasteiger partial charge in [0.15, 0.2) is 0 Å². The van der Waals surface area contributed by atoms with E-state index < -0.39 is 0 Å². The van der Waals surface area contributed by atoms with Crippen LogP contribution in [-0.4, -0.2) is 35.9 Å². The first-order valence-electron chi connectivity index (χ1n) is 8.30. The third-order valence-electron chi connectivity index (χ3n) is 3.84. The molecule has 2 rings (SSSR count). The third kappa shape index (κ3) is 6.95. The van der Waals surface area contributed by atoms with E-state index in [1.54, 1.807) is 0 Å². The lowest BCUT2D eigenvalue weighted by molar-refractivity contribution is 0.0280. The SMILES string of the molecule is CC(CCN(Cc1ccccc1)Cc1ccccc1)OCCO. The minimum atomic E-state index is 0.0854. The molecule has 0 saturated carbocycles. The molecule has 0 fully saturated rings. The minimum absolute atomic E-state index is 0.0854. The van der Waals surface area contributed by atoms with Crippen LogP contribution >= 0.6 is 0 Å². The summed E-state index contributed by atoms with van der Waals surface area (Å²) in [5.41, 5.74) is 2.65. The van der Waals surface area contributed by atoms with Crippen molar-refractivity contribution in [3.8, 4) is 0 Å². The lowest BCUT2D eigenvalue weighted by Crippen LogP contribution is -2.27. The number of hydrogen-bond donors (Lipinski definition) is 1. The van der Waals surface area contributed by atoms with Gasteiger partial charge in [0.2, 0.25) is 0 Å². The number of rotatable bonds is 10. The van der Waals surface area contributed by atoms with Crippen molar-refractivity contribution in [1.29, 1.82) is 0 Å². The normalized spacial score (nSPS) is 12.5. The van der Waals surface area contributed by atoms with Gasteiger partial charge in [0.05, 0.1) is 19.3 Å². The molecule has 23 heavy (non-hydrogen) atoms. The van der Waals surface area contributed by atoms with Crippen LogP contribution in [0.4, 0.5) is 0 Å². The molecule has 0 aliphatic heterocycles. The van der Waals surface area contributed by atoms with Crippen molar-refractivity contribution in [3.63, 3.8) is 0 Å². The van der Waals surface area contributed by atoms with Crippen molar-refractivity contribution in [3.05, 3.63) is 71.8 Å². The molecular formula is C20H27NO2. The molecule has 3 heteroatoms. The van der Waals surface area contributed by atoms with E-state index in [9.17, 15) is 0 Å². The monoisotopic (exact) mass is 313 g/mol. The average Bonchev–Trinajstić information content (AvgIpc) is 2.59. The molecule has 0 heterocycles. The molecule has 1 unspecified atom stereocenters. The van der Waals surface area contributed by atoms with Crippen LogP contribution in [0.3, 0.4) is 0 Å². The number of ether oxygens (including phenoxy) is 1. The summed E-state index contributed by atoms with van der Waals surface area (Å²) in [6, 6.07) is 21.1. The maximum absolute atomic E-state index is 8.85. The number of aliphatic hydroxyl groups excluding tert-OH is 1. The third-order valence-corrected chi connectivity index (χ3v) is 3.84. The standard InChI is InChI=1S/C20H27NO2/c1-18(23-15-14-22)12-13-21(16-19-8-4-2-5-9-19)17-20-10-6-3-7-11-20/h2-11,18,22H,12-17H2,1H3. The van der Waals surface area contributed by atoms with Crippen LogP contribution in [0.5, 0.6) is 0 Å². The van der Waals surface area contributed by atoms with Crippen LogP contribution in [0.2, 0.25) is 0 Å². The van der Waals surface area contributed by atoms with Crippen molar-refractivity contribution in [2.75, 3.05) is 19.8 Å². The van der Waals surface area contributed by atoms with Gasteiger partial charge in [-0.05, 0) is 24.5 Å². The molecule has 1 atom stereocenters. The first-order valence-corrected chi connectivity index (χ1v) is 8.30. The molecule has 1 N–H and O–H groups in total. The summed E-state index contributed by atoms with van der Waals surface area (Å²) < 4.78 is 5.57. The second-order valence-corrected chi connectivity index (χ2v) is 5.88. The molecular weight excluding hydrogens is 286 g/mol. The summed E-state index contributed by atoms with van der Waals surface area (Å²) >= 11 is 0. The van der Waals surface area contributed by atoms with Crippen molar-refractivity contribution in [2.24, 2.45) is 0 Å². The predicted octanol–water partition coefficient (Wildman–Crippen LogP) is 3.48. The smallest absolute Gasteiger partial charge is 0.0701 e. The summed E-state index contributed by atoms with van der Waals surface area (Å²) in [6.07, 6.45) is 1.12. The van der Waals surface area contributed by atoms with E-state index >= 15 is 0 Å². The largest absolute Gasteiger partial charge is 0.394 e. The Bertz CT molecular complexity index is 488. The summed E-state index contributed by atoms with van der Waals surface area (Å²) in [5.74, 6) is 0. The lowest BCUT2D eigenvalue weighted by atomic mass is 10.1. The molecule has 0 aliphatic carbocycles. The Kier molecular flexibility index (Phi) is 7.81. The van der Waals surface area contributed by atoms with Crippen LogP contribution in [-0.2, 0) is 17.8 Å². The molecule has 0 saturated heterocycles. The fourth-order valence-corrected chi connectivity index (χ4v) is 2.60. The van der Waals surface area contributed by atoms with Crippen molar-refractivity contribution >= 4 is 0 Å². The van der Waals surface area contributed by atoms with Crippen molar-refractivity contribution < 1.29 is 9.84 Å². The van der Waals surface area contributed by atoms with Gasteiger partial charge in [0, 0.05) is 19.6 Å². The zero-order chi connectivity index (χ0) is 16.3.